The van der Waals surface area contributed by atoms with Crippen molar-refractivity contribution in [2.45, 2.75) is 26.0 Å². The maximum absolute atomic E-state index is 11.2. The first-order valence-electron chi connectivity index (χ1n) is 7.98. The second kappa shape index (κ2) is 9.08. The molecule has 0 saturated carbocycles. The number of thioether (sulfide) groups is 1. The summed E-state index contributed by atoms with van der Waals surface area (Å²) in [6.45, 7) is 5.56. The van der Waals surface area contributed by atoms with E-state index in [1.165, 1.54) is 11.8 Å². The second-order valence-corrected chi connectivity index (χ2v) is 5.81. The van der Waals surface area contributed by atoms with Crippen LogP contribution in [-0.2, 0) is 4.79 Å². The molecule has 3 nitrogen and oxygen atoms in total. The average molecular weight is 339 g/mol. The first-order valence-corrected chi connectivity index (χ1v) is 8.96. The Morgan fingerprint density at radius 1 is 0.958 bits per heavy atom. The molecule has 124 valence electrons. The molecule has 3 rings (SSSR count). The molecule has 0 bridgehead atoms. The maximum Gasteiger partial charge on any atom is 0.257 e. The molecular weight excluding hydrogens is 318 g/mol. The van der Waals surface area contributed by atoms with Gasteiger partial charge in [-0.2, -0.15) is 0 Å². The molecule has 0 fully saturated rings. The van der Waals surface area contributed by atoms with Gasteiger partial charge in [0.25, 0.3) is 5.22 Å². The maximum atomic E-state index is 11.2. The Hall–Kier alpha value is -2.33. The summed E-state index contributed by atoms with van der Waals surface area (Å²) in [5.74, 6) is 1.20. The van der Waals surface area contributed by atoms with Crippen molar-refractivity contribution < 1.29 is 9.21 Å². The predicted molar refractivity (Wildman–Crippen MR) is 100 cm³/mol. The first-order chi connectivity index (χ1) is 11.7. The van der Waals surface area contributed by atoms with Gasteiger partial charge in [-0.15, -0.1) is 0 Å². The van der Waals surface area contributed by atoms with Crippen molar-refractivity contribution in [1.29, 1.82) is 0 Å². The van der Waals surface area contributed by atoms with E-state index in [-0.39, 0.29) is 5.78 Å². The average Bonchev–Trinajstić information content (AvgIpc) is 3.07. The lowest BCUT2D eigenvalue weighted by Crippen LogP contribution is -1.92. The predicted octanol–water partition coefficient (Wildman–Crippen LogP) is 5.72. The number of carbonyl (C=O) groups excluding carboxylic acids is 1. The number of hydrogen-bond donors (Lipinski definition) is 0. The smallest absolute Gasteiger partial charge is 0.257 e. The first kappa shape index (κ1) is 18.0. The molecule has 0 N–H and O–H groups in total. The van der Waals surface area contributed by atoms with Gasteiger partial charge in [0.2, 0.25) is 0 Å². The van der Waals surface area contributed by atoms with Crippen LogP contribution in [0.15, 0.2) is 70.3 Å². The molecule has 0 radical (unpaired) electrons. The summed E-state index contributed by atoms with van der Waals surface area (Å²) >= 11 is 1.33. The van der Waals surface area contributed by atoms with Crippen LogP contribution in [0.5, 0.6) is 0 Å². The molecule has 3 aromatic rings. The molecule has 0 amide bonds. The summed E-state index contributed by atoms with van der Waals surface area (Å²) in [5.41, 5.74) is 2.78. The number of aromatic nitrogens is 1. The van der Waals surface area contributed by atoms with Gasteiger partial charge in [-0.25, -0.2) is 4.98 Å². The highest BCUT2D eigenvalue weighted by molar-refractivity contribution is 7.99. The van der Waals surface area contributed by atoms with E-state index in [1.54, 1.807) is 6.92 Å². The quantitative estimate of drug-likeness (QED) is 0.558. The van der Waals surface area contributed by atoms with Gasteiger partial charge >= 0.3 is 0 Å². The molecule has 0 aliphatic rings. The molecular formula is C20H21NO2S. The second-order valence-electron chi connectivity index (χ2n) is 4.88. The van der Waals surface area contributed by atoms with E-state index in [1.807, 2.05) is 74.5 Å². The van der Waals surface area contributed by atoms with Gasteiger partial charge in [0.05, 0.1) is 5.75 Å². The largest absolute Gasteiger partial charge is 0.431 e. The van der Waals surface area contributed by atoms with Crippen LogP contribution in [0, 0.1) is 0 Å². The third-order valence-corrected chi connectivity index (χ3v) is 4.06. The van der Waals surface area contributed by atoms with E-state index in [4.69, 9.17) is 4.42 Å². The third-order valence-electron chi connectivity index (χ3n) is 3.09. The molecule has 2 aromatic carbocycles. The molecule has 0 spiro atoms. The number of oxazole rings is 1. The van der Waals surface area contributed by atoms with Gasteiger partial charge in [0, 0.05) is 11.1 Å². The molecule has 24 heavy (non-hydrogen) atoms. The van der Waals surface area contributed by atoms with Gasteiger partial charge in [0.15, 0.2) is 5.76 Å². The molecule has 0 aliphatic carbocycles. The Labute approximate surface area is 147 Å². The van der Waals surface area contributed by atoms with Crippen molar-refractivity contribution in [2.75, 3.05) is 5.75 Å². The molecule has 0 saturated heterocycles. The third kappa shape index (κ3) is 4.59. The van der Waals surface area contributed by atoms with Crippen LogP contribution >= 0.6 is 11.8 Å². The molecule has 1 aromatic heterocycles. The Bertz CT molecular complexity index is 710. The minimum Gasteiger partial charge on any atom is -0.431 e. The normalized spacial score (nSPS) is 9.96. The van der Waals surface area contributed by atoms with Crippen molar-refractivity contribution in [2.24, 2.45) is 0 Å². The Kier molecular flexibility index (Phi) is 6.82. The van der Waals surface area contributed by atoms with Crippen molar-refractivity contribution in [3.8, 4) is 22.6 Å². The number of benzene rings is 2. The van der Waals surface area contributed by atoms with Crippen LogP contribution in [0.2, 0.25) is 0 Å². The monoisotopic (exact) mass is 339 g/mol. The lowest BCUT2D eigenvalue weighted by atomic mass is 10.1. The van der Waals surface area contributed by atoms with Crippen LogP contribution in [0.3, 0.4) is 0 Å². The minimum absolute atomic E-state index is 0.103. The van der Waals surface area contributed by atoms with Crippen molar-refractivity contribution in [1.82, 2.24) is 4.98 Å². The molecule has 4 heteroatoms. The fraction of sp³-hybridized carbons (Fsp3) is 0.200. The summed E-state index contributed by atoms with van der Waals surface area (Å²) < 4.78 is 5.91. The number of ketones is 1. The highest BCUT2D eigenvalue weighted by atomic mass is 32.2. The highest BCUT2D eigenvalue weighted by Gasteiger charge is 2.17. The van der Waals surface area contributed by atoms with Crippen LogP contribution in [0.4, 0.5) is 0 Å². The van der Waals surface area contributed by atoms with Crippen molar-refractivity contribution >= 4 is 17.5 Å². The van der Waals surface area contributed by atoms with Crippen molar-refractivity contribution in [3.05, 3.63) is 60.7 Å². The van der Waals surface area contributed by atoms with E-state index in [2.05, 4.69) is 4.98 Å². The number of carbonyl (C=O) groups is 1. The van der Waals surface area contributed by atoms with E-state index >= 15 is 0 Å². The number of nitrogens with zero attached hydrogens (tertiary/aromatic N) is 1. The summed E-state index contributed by atoms with van der Waals surface area (Å²) in [6.07, 6.45) is 0. The fourth-order valence-electron chi connectivity index (χ4n) is 2.10. The van der Waals surface area contributed by atoms with Crippen molar-refractivity contribution in [3.63, 3.8) is 0 Å². The zero-order valence-electron chi connectivity index (χ0n) is 14.2. The van der Waals surface area contributed by atoms with Crippen LogP contribution in [0.25, 0.3) is 22.6 Å². The Balaban J connectivity index is 0.00000100. The van der Waals surface area contributed by atoms with E-state index < -0.39 is 0 Å². The Morgan fingerprint density at radius 2 is 1.50 bits per heavy atom. The minimum atomic E-state index is 0.103. The van der Waals surface area contributed by atoms with E-state index in [0.29, 0.717) is 11.0 Å². The zero-order valence-corrected chi connectivity index (χ0v) is 15.0. The Morgan fingerprint density at radius 3 is 2.04 bits per heavy atom. The van der Waals surface area contributed by atoms with E-state index in [0.717, 1.165) is 22.6 Å². The number of Topliss-reactive ketones (excluding diaryl/α,β-unsaturated/α-hetero) is 1. The van der Waals surface area contributed by atoms with Gasteiger partial charge in [-0.1, -0.05) is 86.3 Å². The summed E-state index contributed by atoms with van der Waals surface area (Å²) in [6, 6.07) is 19.8. The van der Waals surface area contributed by atoms with E-state index in [9.17, 15) is 4.79 Å². The zero-order chi connectivity index (χ0) is 17.4. The number of rotatable bonds is 5. The summed E-state index contributed by atoms with van der Waals surface area (Å²) in [7, 11) is 0. The summed E-state index contributed by atoms with van der Waals surface area (Å²) in [5, 5.41) is 0.521. The standard InChI is InChI=1S/C18H15NO2S.C2H6/c1-13(20)12-22-18-19-16(14-8-4-2-5-9-14)17(21-18)15-10-6-3-7-11-15;1-2/h2-11H,12H2,1H3;1-2H3. The lowest BCUT2D eigenvalue weighted by molar-refractivity contribution is -0.114. The molecule has 0 aliphatic heterocycles. The topological polar surface area (TPSA) is 43.1 Å². The van der Waals surface area contributed by atoms with Crippen LogP contribution in [-0.4, -0.2) is 16.5 Å². The molecule has 1 heterocycles. The van der Waals surface area contributed by atoms with Gasteiger partial charge in [-0.05, 0) is 6.92 Å². The SMILES string of the molecule is CC.CC(=O)CSc1nc(-c2ccccc2)c(-c2ccccc2)o1. The van der Waals surface area contributed by atoms with Gasteiger partial charge in [0.1, 0.15) is 11.5 Å². The fourth-order valence-corrected chi connectivity index (χ4v) is 2.73. The molecule has 0 unspecified atom stereocenters. The van der Waals surface area contributed by atoms with Gasteiger partial charge in [-0.3, -0.25) is 4.79 Å². The van der Waals surface area contributed by atoms with Crippen LogP contribution < -0.4 is 0 Å². The van der Waals surface area contributed by atoms with Crippen LogP contribution in [0.1, 0.15) is 20.8 Å². The molecule has 0 atom stereocenters. The lowest BCUT2D eigenvalue weighted by Gasteiger charge is -2.00. The summed E-state index contributed by atoms with van der Waals surface area (Å²) in [4.78, 5) is 15.7. The highest BCUT2D eigenvalue weighted by Crippen LogP contribution is 2.35. The van der Waals surface area contributed by atoms with Gasteiger partial charge < -0.3 is 4.42 Å². The number of hydrogen-bond acceptors (Lipinski definition) is 4.